The Morgan fingerprint density at radius 2 is 2.04 bits per heavy atom. The van der Waals surface area contributed by atoms with Gasteiger partial charge >= 0.3 is 0 Å². The molecule has 1 aliphatic rings. The first-order valence-corrected chi connectivity index (χ1v) is 9.30. The predicted molar refractivity (Wildman–Crippen MR) is 104 cm³/mol. The minimum absolute atomic E-state index is 0.136. The molecule has 6 N–H and O–H groups in total. The number of nitrogens with zero attached hydrogens (tertiary/aromatic N) is 2. The zero-order valence-corrected chi connectivity index (χ0v) is 16.0. The van der Waals surface area contributed by atoms with E-state index in [4.69, 9.17) is 40.4 Å². The Kier molecular flexibility index (Phi) is 6.69. The van der Waals surface area contributed by atoms with E-state index in [1.54, 1.807) is 12.3 Å². The van der Waals surface area contributed by atoms with Gasteiger partial charge < -0.3 is 22.1 Å². The minimum atomic E-state index is -0.136. The van der Waals surface area contributed by atoms with E-state index in [0.29, 0.717) is 21.0 Å². The van der Waals surface area contributed by atoms with Gasteiger partial charge in [0, 0.05) is 23.5 Å². The van der Waals surface area contributed by atoms with Crippen LogP contribution in [0.1, 0.15) is 26.2 Å². The SMILES string of the molecule is CC1(N)CCCN(C(N)=N/C=C(\N)Sc2cccc(Cl)c2Cl)CC1. The van der Waals surface area contributed by atoms with Crippen molar-refractivity contribution in [2.45, 2.75) is 36.6 Å². The van der Waals surface area contributed by atoms with Crippen LogP contribution in [-0.2, 0) is 0 Å². The lowest BCUT2D eigenvalue weighted by Crippen LogP contribution is -2.40. The standard InChI is InChI=1S/C16H23Cl2N5S/c1-16(21)6-3-8-23(9-7-16)15(20)22-10-13(19)24-12-5-2-4-11(17)14(12)18/h2,4-5,10H,3,6-9,19,21H2,1H3,(H2,20,22)/b13-10+. The van der Waals surface area contributed by atoms with Gasteiger partial charge in [0.2, 0.25) is 0 Å². The Hall–Kier alpha value is -1.08. The van der Waals surface area contributed by atoms with Gasteiger partial charge in [0.25, 0.3) is 0 Å². The van der Waals surface area contributed by atoms with Gasteiger partial charge in [0.15, 0.2) is 5.96 Å². The van der Waals surface area contributed by atoms with Gasteiger partial charge in [-0.3, -0.25) is 0 Å². The lowest BCUT2D eigenvalue weighted by Gasteiger charge is -2.23. The largest absolute Gasteiger partial charge is 0.392 e. The zero-order chi connectivity index (χ0) is 17.7. The van der Waals surface area contributed by atoms with Gasteiger partial charge in [-0.15, -0.1) is 0 Å². The Morgan fingerprint density at radius 1 is 1.29 bits per heavy atom. The number of halogens is 2. The number of rotatable bonds is 3. The highest BCUT2D eigenvalue weighted by molar-refractivity contribution is 8.03. The first kappa shape index (κ1) is 19.2. The van der Waals surface area contributed by atoms with Crippen molar-refractivity contribution in [3.8, 4) is 0 Å². The van der Waals surface area contributed by atoms with Crippen LogP contribution in [0.5, 0.6) is 0 Å². The van der Waals surface area contributed by atoms with Crippen LogP contribution in [0, 0.1) is 0 Å². The van der Waals surface area contributed by atoms with E-state index in [1.165, 1.54) is 11.8 Å². The Bertz CT molecular complexity index is 645. The maximum absolute atomic E-state index is 6.21. The molecule has 0 spiro atoms. The number of hydrogen-bond acceptors (Lipinski definition) is 4. The molecule has 0 aliphatic carbocycles. The van der Waals surface area contributed by atoms with Crippen molar-refractivity contribution in [2.75, 3.05) is 13.1 Å². The van der Waals surface area contributed by atoms with E-state index in [2.05, 4.69) is 11.9 Å². The molecule has 5 nitrogen and oxygen atoms in total. The Balaban J connectivity index is 2.02. The van der Waals surface area contributed by atoms with E-state index < -0.39 is 0 Å². The van der Waals surface area contributed by atoms with Crippen LogP contribution in [-0.4, -0.2) is 29.5 Å². The quantitative estimate of drug-likeness (QED) is 0.419. The molecular formula is C16H23Cl2N5S. The number of benzene rings is 1. The van der Waals surface area contributed by atoms with Gasteiger partial charge in [-0.25, -0.2) is 4.99 Å². The number of nitrogens with two attached hydrogens (primary N) is 3. The molecule has 1 heterocycles. The van der Waals surface area contributed by atoms with Crippen molar-refractivity contribution >= 4 is 40.9 Å². The van der Waals surface area contributed by atoms with Crippen molar-refractivity contribution in [1.82, 2.24) is 4.90 Å². The number of guanidine groups is 1. The van der Waals surface area contributed by atoms with Crippen LogP contribution in [0.2, 0.25) is 10.0 Å². The Labute approximate surface area is 157 Å². The summed E-state index contributed by atoms with van der Waals surface area (Å²) >= 11 is 13.4. The fourth-order valence-corrected chi connectivity index (χ4v) is 3.64. The van der Waals surface area contributed by atoms with E-state index in [9.17, 15) is 0 Å². The first-order valence-electron chi connectivity index (χ1n) is 7.73. The molecule has 0 amide bonds. The summed E-state index contributed by atoms with van der Waals surface area (Å²) in [5, 5.41) is 1.46. The number of aliphatic imine (C=N–C) groups is 1. The summed E-state index contributed by atoms with van der Waals surface area (Å²) in [5.74, 6) is 0.452. The second-order valence-corrected chi connectivity index (χ2v) is 8.07. The van der Waals surface area contributed by atoms with Crippen LogP contribution >= 0.6 is 35.0 Å². The third kappa shape index (κ3) is 5.48. The zero-order valence-electron chi connectivity index (χ0n) is 13.6. The van der Waals surface area contributed by atoms with Crippen molar-refractivity contribution in [3.05, 3.63) is 39.5 Å². The fourth-order valence-electron chi connectivity index (χ4n) is 2.46. The molecule has 1 aromatic rings. The molecule has 0 radical (unpaired) electrons. The smallest absolute Gasteiger partial charge is 0.195 e. The normalized spacial score (nSPS) is 23.2. The average molecular weight is 388 g/mol. The van der Waals surface area contributed by atoms with Crippen molar-refractivity contribution in [2.24, 2.45) is 22.2 Å². The van der Waals surface area contributed by atoms with Gasteiger partial charge in [-0.05, 0) is 38.3 Å². The minimum Gasteiger partial charge on any atom is -0.392 e. The molecule has 1 fully saturated rings. The molecule has 8 heteroatoms. The molecular weight excluding hydrogens is 365 g/mol. The molecule has 0 bridgehead atoms. The Morgan fingerprint density at radius 3 is 2.79 bits per heavy atom. The van der Waals surface area contributed by atoms with Crippen molar-refractivity contribution in [3.63, 3.8) is 0 Å². The van der Waals surface area contributed by atoms with Crippen molar-refractivity contribution < 1.29 is 0 Å². The van der Waals surface area contributed by atoms with Gasteiger partial charge in [0.1, 0.15) is 0 Å². The first-order chi connectivity index (χ1) is 11.3. The summed E-state index contributed by atoms with van der Waals surface area (Å²) in [6.45, 7) is 3.72. The highest BCUT2D eigenvalue weighted by atomic mass is 35.5. The second kappa shape index (κ2) is 8.34. The van der Waals surface area contributed by atoms with Crippen LogP contribution in [0.25, 0.3) is 0 Å². The maximum atomic E-state index is 6.21. The second-order valence-electron chi connectivity index (χ2n) is 6.17. The van der Waals surface area contributed by atoms with E-state index in [1.807, 2.05) is 17.0 Å². The molecule has 2 rings (SSSR count). The van der Waals surface area contributed by atoms with Crippen LogP contribution < -0.4 is 17.2 Å². The molecule has 1 aromatic carbocycles. The molecule has 1 atom stereocenters. The topological polar surface area (TPSA) is 93.7 Å². The maximum Gasteiger partial charge on any atom is 0.195 e. The summed E-state index contributed by atoms with van der Waals surface area (Å²) in [6, 6.07) is 5.40. The van der Waals surface area contributed by atoms with Crippen LogP contribution in [0.4, 0.5) is 0 Å². The lowest BCUT2D eigenvalue weighted by molar-refractivity contribution is 0.391. The molecule has 0 saturated carbocycles. The third-order valence-electron chi connectivity index (χ3n) is 3.92. The summed E-state index contributed by atoms with van der Waals surface area (Å²) < 4.78 is 0. The average Bonchev–Trinajstić information content (AvgIpc) is 2.70. The number of hydrogen-bond donors (Lipinski definition) is 3. The molecule has 1 unspecified atom stereocenters. The summed E-state index contributed by atoms with van der Waals surface area (Å²) in [5.41, 5.74) is 18.2. The van der Waals surface area contributed by atoms with E-state index in [0.717, 1.165) is 37.2 Å². The fraction of sp³-hybridized carbons (Fsp3) is 0.438. The predicted octanol–water partition coefficient (Wildman–Crippen LogP) is 3.36. The summed E-state index contributed by atoms with van der Waals surface area (Å²) in [4.78, 5) is 7.10. The highest BCUT2D eigenvalue weighted by Gasteiger charge is 2.24. The van der Waals surface area contributed by atoms with Gasteiger partial charge in [-0.2, -0.15) is 0 Å². The van der Waals surface area contributed by atoms with Gasteiger partial charge in [0.05, 0.1) is 21.3 Å². The molecule has 24 heavy (non-hydrogen) atoms. The van der Waals surface area contributed by atoms with E-state index in [-0.39, 0.29) is 5.54 Å². The third-order valence-corrected chi connectivity index (χ3v) is 5.75. The van der Waals surface area contributed by atoms with Crippen LogP contribution in [0.15, 0.2) is 39.3 Å². The van der Waals surface area contributed by atoms with Crippen LogP contribution in [0.3, 0.4) is 0 Å². The molecule has 132 valence electrons. The van der Waals surface area contributed by atoms with Crippen molar-refractivity contribution in [1.29, 1.82) is 0 Å². The highest BCUT2D eigenvalue weighted by Crippen LogP contribution is 2.35. The van der Waals surface area contributed by atoms with Gasteiger partial charge in [-0.1, -0.05) is 41.0 Å². The monoisotopic (exact) mass is 387 g/mol. The molecule has 0 aromatic heterocycles. The number of thioether (sulfide) groups is 1. The number of likely N-dealkylation sites (tertiary alicyclic amines) is 1. The molecule has 1 saturated heterocycles. The molecule has 1 aliphatic heterocycles. The summed E-state index contributed by atoms with van der Waals surface area (Å²) in [7, 11) is 0. The summed E-state index contributed by atoms with van der Waals surface area (Å²) in [6.07, 6.45) is 4.41. The van der Waals surface area contributed by atoms with E-state index >= 15 is 0 Å². The lowest BCUT2D eigenvalue weighted by atomic mass is 9.95.